The van der Waals surface area contributed by atoms with E-state index in [1.54, 1.807) is 24.1 Å². The summed E-state index contributed by atoms with van der Waals surface area (Å²) in [7, 11) is 5.48. The number of nitrogens with zero attached hydrogens (tertiary/aromatic N) is 2. The van der Waals surface area contributed by atoms with Crippen molar-refractivity contribution < 1.29 is 19.1 Å². The van der Waals surface area contributed by atoms with Gasteiger partial charge in [-0.3, -0.25) is 4.79 Å². The van der Waals surface area contributed by atoms with E-state index in [9.17, 15) is 9.59 Å². The number of likely N-dealkylation sites (N-methyl/N-ethyl adjacent to an activating group) is 2. The van der Waals surface area contributed by atoms with E-state index in [0.29, 0.717) is 43.5 Å². The van der Waals surface area contributed by atoms with E-state index < -0.39 is 0 Å². The zero-order chi connectivity index (χ0) is 24.9. The van der Waals surface area contributed by atoms with Crippen LogP contribution in [-0.2, 0) is 11.3 Å². The van der Waals surface area contributed by atoms with Crippen LogP contribution in [0.15, 0.2) is 30.4 Å². The molecule has 190 valence electrons. The first kappa shape index (κ1) is 27.7. The standard InChI is InChI=1S/C26H42N4O4/c1-20(2)10-8-6-7-9-11-25(31)28-17-21-12-13-23(24(16-21)33-5)34-26(32)30-15-14-29(4)19-22(30)18-27-3/h8,10,12-13,16,20,22,27H,6-7,9,11,14-15,17-19H2,1-5H3,(H,28,31)/b10-8+. The van der Waals surface area contributed by atoms with Gasteiger partial charge in [0.05, 0.1) is 13.2 Å². The van der Waals surface area contributed by atoms with Crippen molar-refractivity contribution in [1.82, 2.24) is 20.4 Å². The zero-order valence-electron chi connectivity index (χ0n) is 21.4. The number of hydrogen-bond donors (Lipinski definition) is 2. The fourth-order valence-electron chi connectivity index (χ4n) is 3.93. The summed E-state index contributed by atoms with van der Waals surface area (Å²) < 4.78 is 11.1. The average molecular weight is 475 g/mol. The molecular formula is C26H42N4O4. The van der Waals surface area contributed by atoms with E-state index in [1.807, 2.05) is 13.1 Å². The van der Waals surface area contributed by atoms with Gasteiger partial charge in [-0.1, -0.05) is 32.1 Å². The lowest BCUT2D eigenvalue weighted by Crippen LogP contribution is -2.57. The van der Waals surface area contributed by atoms with Crippen LogP contribution >= 0.6 is 0 Å². The number of rotatable bonds is 12. The van der Waals surface area contributed by atoms with Crippen molar-refractivity contribution in [2.45, 2.75) is 52.1 Å². The van der Waals surface area contributed by atoms with Crippen molar-refractivity contribution in [3.05, 3.63) is 35.9 Å². The van der Waals surface area contributed by atoms with E-state index in [1.165, 1.54) is 0 Å². The zero-order valence-corrected chi connectivity index (χ0v) is 21.4. The van der Waals surface area contributed by atoms with Gasteiger partial charge in [0.25, 0.3) is 0 Å². The number of carbonyl (C=O) groups excluding carboxylic acids is 2. The van der Waals surface area contributed by atoms with Gasteiger partial charge in [0.15, 0.2) is 11.5 Å². The molecule has 8 nitrogen and oxygen atoms in total. The number of hydrogen-bond acceptors (Lipinski definition) is 6. The number of nitrogens with one attached hydrogen (secondary N) is 2. The van der Waals surface area contributed by atoms with Crippen LogP contribution in [0.1, 0.15) is 45.1 Å². The number of benzene rings is 1. The Bertz CT molecular complexity index is 812. The summed E-state index contributed by atoms with van der Waals surface area (Å²) in [6, 6.07) is 5.41. The van der Waals surface area contributed by atoms with Crippen molar-refractivity contribution in [3.8, 4) is 11.5 Å². The summed E-state index contributed by atoms with van der Waals surface area (Å²) in [5, 5.41) is 6.10. The SMILES string of the molecule is CNCC1CN(C)CCN1C(=O)Oc1ccc(CNC(=O)CCCC/C=C/C(C)C)cc1OC. The maximum atomic E-state index is 12.9. The largest absolute Gasteiger partial charge is 0.493 e. The van der Waals surface area contributed by atoms with Gasteiger partial charge in [0.2, 0.25) is 5.91 Å². The monoisotopic (exact) mass is 474 g/mol. The smallest absolute Gasteiger partial charge is 0.415 e. The molecule has 0 saturated carbocycles. The van der Waals surface area contributed by atoms with Gasteiger partial charge >= 0.3 is 6.09 Å². The molecule has 1 aromatic rings. The molecule has 1 unspecified atom stereocenters. The van der Waals surface area contributed by atoms with Gasteiger partial charge in [-0.05, 0) is 57.0 Å². The van der Waals surface area contributed by atoms with Gasteiger partial charge in [0.1, 0.15) is 0 Å². The quantitative estimate of drug-likeness (QED) is 0.357. The fourth-order valence-corrected chi connectivity index (χ4v) is 3.93. The van der Waals surface area contributed by atoms with Crippen molar-refractivity contribution in [1.29, 1.82) is 0 Å². The highest BCUT2D eigenvalue weighted by molar-refractivity contribution is 5.76. The summed E-state index contributed by atoms with van der Waals surface area (Å²) in [5.41, 5.74) is 0.887. The van der Waals surface area contributed by atoms with E-state index in [4.69, 9.17) is 9.47 Å². The van der Waals surface area contributed by atoms with Crippen LogP contribution in [-0.4, -0.2) is 75.2 Å². The molecular weight excluding hydrogens is 432 g/mol. The molecule has 2 rings (SSSR count). The molecule has 34 heavy (non-hydrogen) atoms. The van der Waals surface area contributed by atoms with Crippen LogP contribution in [0.2, 0.25) is 0 Å². The van der Waals surface area contributed by atoms with E-state index in [2.05, 4.69) is 48.6 Å². The highest BCUT2D eigenvalue weighted by Gasteiger charge is 2.30. The number of unbranched alkanes of at least 4 members (excludes halogenated alkanes) is 2. The molecule has 2 N–H and O–H groups in total. The maximum absolute atomic E-state index is 12.9. The third kappa shape index (κ3) is 9.35. The van der Waals surface area contributed by atoms with Crippen molar-refractivity contribution in [2.24, 2.45) is 5.92 Å². The topological polar surface area (TPSA) is 83.1 Å². The van der Waals surface area contributed by atoms with Crippen LogP contribution in [0, 0.1) is 5.92 Å². The molecule has 1 aromatic carbocycles. The molecule has 8 heteroatoms. The van der Waals surface area contributed by atoms with Crippen LogP contribution in [0.4, 0.5) is 4.79 Å². The highest BCUT2D eigenvalue weighted by atomic mass is 16.6. The second-order valence-corrected chi connectivity index (χ2v) is 9.22. The summed E-state index contributed by atoms with van der Waals surface area (Å²) in [4.78, 5) is 29.0. The van der Waals surface area contributed by atoms with Crippen LogP contribution in [0.5, 0.6) is 11.5 Å². The van der Waals surface area contributed by atoms with Gasteiger partial charge in [-0.15, -0.1) is 0 Å². The Morgan fingerprint density at radius 1 is 1.21 bits per heavy atom. The summed E-state index contributed by atoms with van der Waals surface area (Å²) in [6.07, 6.45) is 7.40. The van der Waals surface area contributed by atoms with Gasteiger partial charge < -0.3 is 29.9 Å². The van der Waals surface area contributed by atoms with E-state index in [0.717, 1.165) is 37.9 Å². The molecule has 1 aliphatic rings. The van der Waals surface area contributed by atoms with Crippen molar-refractivity contribution >= 4 is 12.0 Å². The molecule has 2 amide bonds. The fraction of sp³-hybridized carbons (Fsp3) is 0.615. The molecule has 1 atom stereocenters. The minimum absolute atomic E-state index is 0.0351. The predicted molar refractivity (Wildman–Crippen MR) is 135 cm³/mol. The number of methoxy groups -OCH3 is 1. The molecule has 1 aliphatic heterocycles. The highest BCUT2D eigenvalue weighted by Crippen LogP contribution is 2.29. The molecule has 0 bridgehead atoms. The Morgan fingerprint density at radius 3 is 2.71 bits per heavy atom. The minimum atomic E-state index is -0.379. The lowest BCUT2D eigenvalue weighted by atomic mass is 10.1. The molecule has 0 radical (unpaired) electrons. The van der Waals surface area contributed by atoms with Gasteiger partial charge in [-0.2, -0.15) is 0 Å². The Balaban J connectivity index is 1.85. The summed E-state index contributed by atoms with van der Waals surface area (Å²) >= 11 is 0. The molecule has 0 aliphatic carbocycles. The number of ether oxygens (including phenoxy) is 2. The van der Waals surface area contributed by atoms with Crippen molar-refractivity contribution in [2.75, 3.05) is 47.4 Å². The number of carbonyl (C=O) groups is 2. The number of amides is 2. The minimum Gasteiger partial charge on any atom is -0.493 e. The Labute approximate surface area is 204 Å². The number of allylic oxidation sites excluding steroid dienone is 2. The summed E-state index contributed by atoms with van der Waals surface area (Å²) in [6.45, 7) is 7.62. The Kier molecular flexibility index (Phi) is 11.9. The lowest BCUT2D eigenvalue weighted by Gasteiger charge is -2.39. The third-order valence-corrected chi connectivity index (χ3v) is 5.82. The first-order valence-electron chi connectivity index (χ1n) is 12.3. The van der Waals surface area contributed by atoms with E-state index in [-0.39, 0.29) is 18.0 Å². The van der Waals surface area contributed by atoms with E-state index >= 15 is 0 Å². The molecule has 1 fully saturated rings. The number of piperazine rings is 1. The van der Waals surface area contributed by atoms with Crippen molar-refractivity contribution in [3.63, 3.8) is 0 Å². The first-order chi connectivity index (χ1) is 16.3. The maximum Gasteiger partial charge on any atom is 0.415 e. The second-order valence-electron chi connectivity index (χ2n) is 9.22. The summed E-state index contributed by atoms with van der Waals surface area (Å²) in [5.74, 6) is 1.45. The van der Waals surface area contributed by atoms with Crippen LogP contribution < -0.4 is 20.1 Å². The normalized spacial score (nSPS) is 16.8. The third-order valence-electron chi connectivity index (χ3n) is 5.82. The first-order valence-corrected chi connectivity index (χ1v) is 12.3. The molecule has 1 heterocycles. The van der Waals surface area contributed by atoms with Gasteiger partial charge in [0, 0.05) is 39.1 Å². The lowest BCUT2D eigenvalue weighted by molar-refractivity contribution is -0.121. The molecule has 1 saturated heterocycles. The van der Waals surface area contributed by atoms with Crippen LogP contribution in [0.25, 0.3) is 0 Å². The van der Waals surface area contributed by atoms with Crippen LogP contribution in [0.3, 0.4) is 0 Å². The van der Waals surface area contributed by atoms with Gasteiger partial charge in [-0.25, -0.2) is 4.79 Å². The molecule has 0 spiro atoms. The Hall–Kier alpha value is -2.58. The second kappa shape index (κ2) is 14.6. The Morgan fingerprint density at radius 2 is 2.00 bits per heavy atom. The predicted octanol–water partition coefficient (Wildman–Crippen LogP) is 3.42. The molecule has 0 aromatic heterocycles. The average Bonchev–Trinajstić information content (AvgIpc) is 2.80.